The number of thioether (sulfide) groups is 1. The summed E-state index contributed by atoms with van der Waals surface area (Å²) in [6.07, 6.45) is 1.13. The number of aryl methyl sites for hydroxylation is 1. The van der Waals surface area contributed by atoms with E-state index in [4.69, 9.17) is 4.74 Å². The highest BCUT2D eigenvalue weighted by atomic mass is 32.2. The third kappa shape index (κ3) is 6.56. The van der Waals surface area contributed by atoms with E-state index in [0.717, 1.165) is 17.9 Å². The van der Waals surface area contributed by atoms with Crippen LogP contribution in [0.1, 0.15) is 44.7 Å². The molecule has 5 nitrogen and oxygen atoms in total. The first-order valence-corrected chi connectivity index (χ1v) is 10.3. The lowest BCUT2D eigenvalue weighted by Gasteiger charge is -2.28. The van der Waals surface area contributed by atoms with Gasteiger partial charge in [0.25, 0.3) is 0 Å². The summed E-state index contributed by atoms with van der Waals surface area (Å²) in [5, 5.41) is 2.96. The molecule has 0 bridgehead atoms. The first-order valence-electron chi connectivity index (χ1n) is 9.17. The molecule has 2 amide bonds. The van der Waals surface area contributed by atoms with Gasteiger partial charge < -0.3 is 10.1 Å². The molecule has 1 aromatic carbocycles. The van der Waals surface area contributed by atoms with Gasteiger partial charge in [-0.15, -0.1) is 0 Å². The molecule has 144 valence electrons. The summed E-state index contributed by atoms with van der Waals surface area (Å²) in [5.74, 6) is 1.70. The summed E-state index contributed by atoms with van der Waals surface area (Å²) in [7, 11) is 0. The van der Waals surface area contributed by atoms with Gasteiger partial charge in [0.05, 0.1) is 0 Å². The number of carbonyl (C=O) groups is 2. The first-order chi connectivity index (χ1) is 12.3. The molecule has 0 saturated carbocycles. The van der Waals surface area contributed by atoms with Crippen LogP contribution < -0.4 is 5.32 Å². The van der Waals surface area contributed by atoms with Crippen LogP contribution in [0.25, 0.3) is 0 Å². The third-order valence-electron chi connectivity index (χ3n) is 4.12. The number of nitrogens with zero attached hydrogens (tertiary/aromatic N) is 1. The number of rotatable bonds is 6. The summed E-state index contributed by atoms with van der Waals surface area (Å²) in [6.45, 7) is 8.77. The Morgan fingerprint density at radius 2 is 1.96 bits per heavy atom. The zero-order valence-corrected chi connectivity index (χ0v) is 17.0. The molecular weight excluding hydrogens is 348 g/mol. The maximum absolute atomic E-state index is 12.4. The lowest BCUT2D eigenvalue weighted by atomic mass is 10.2. The van der Waals surface area contributed by atoms with Crippen molar-refractivity contribution in [3.05, 3.63) is 35.4 Å². The smallest absolute Gasteiger partial charge is 0.410 e. The number of benzene rings is 1. The molecule has 26 heavy (non-hydrogen) atoms. The summed E-state index contributed by atoms with van der Waals surface area (Å²) in [6, 6.07) is 8.09. The van der Waals surface area contributed by atoms with Gasteiger partial charge in [-0.25, -0.2) is 4.79 Å². The van der Waals surface area contributed by atoms with Gasteiger partial charge in [-0.1, -0.05) is 29.8 Å². The fourth-order valence-corrected chi connectivity index (χ4v) is 3.64. The van der Waals surface area contributed by atoms with Crippen LogP contribution in [-0.2, 0) is 15.3 Å². The predicted octanol–water partition coefficient (Wildman–Crippen LogP) is 3.74. The van der Waals surface area contributed by atoms with E-state index in [1.165, 1.54) is 11.1 Å². The minimum absolute atomic E-state index is 0.0794. The molecule has 0 radical (unpaired) electrons. The molecule has 6 heteroatoms. The summed E-state index contributed by atoms with van der Waals surface area (Å²) >= 11 is 1.79. The molecule has 2 rings (SSSR count). The fraction of sp³-hybridized carbons (Fsp3) is 0.600. The SMILES string of the molecule is Cc1ccc(CSCCNC(=O)C2CCCN2C(=O)OC(C)(C)C)cc1. The van der Waals surface area contributed by atoms with Gasteiger partial charge in [-0.05, 0) is 46.1 Å². The highest BCUT2D eigenvalue weighted by Crippen LogP contribution is 2.21. The van der Waals surface area contributed by atoms with Crippen molar-refractivity contribution in [2.45, 2.75) is 57.9 Å². The third-order valence-corrected chi connectivity index (χ3v) is 5.15. The van der Waals surface area contributed by atoms with Crippen molar-refractivity contribution in [2.75, 3.05) is 18.8 Å². The molecule has 0 spiro atoms. The zero-order chi connectivity index (χ0) is 19.2. The molecule has 0 aromatic heterocycles. The molecule has 1 saturated heterocycles. The van der Waals surface area contributed by atoms with Crippen molar-refractivity contribution in [1.29, 1.82) is 0 Å². The van der Waals surface area contributed by atoms with Crippen LogP contribution in [0.5, 0.6) is 0 Å². The van der Waals surface area contributed by atoms with Crippen LogP contribution in [-0.4, -0.2) is 47.4 Å². The lowest BCUT2D eigenvalue weighted by molar-refractivity contribution is -0.125. The van der Waals surface area contributed by atoms with Crippen molar-refractivity contribution in [3.63, 3.8) is 0 Å². The molecular formula is C20H30N2O3S. The molecule has 1 fully saturated rings. The number of amides is 2. The van der Waals surface area contributed by atoms with Gasteiger partial charge in [-0.2, -0.15) is 11.8 Å². The van der Waals surface area contributed by atoms with Gasteiger partial charge >= 0.3 is 6.09 Å². The number of hydrogen-bond acceptors (Lipinski definition) is 4. The van der Waals surface area contributed by atoms with Crippen LogP contribution in [0, 0.1) is 6.92 Å². The Morgan fingerprint density at radius 3 is 2.62 bits per heavy atom. The highest BCUT2D eigenvalue weighted by Gasteiger charge is 2.36. The van der Waals surface area contributed by atoms with E-state index in [2.05, 4.69) is 36.5 Å². The van der Waals surface area contributed by atoms with Crippen LogP contribution in [0.15, 0.2) is 24.3 Å². The van der Waals surface area contributed by atoms with Crippen molar-refractivity contribution in [2.24, 2.45) is 0 Å². The maximum Gasteiger partial charge on any atom is 0.410 e. The largest absolute Gasteiger partial charge is 0.444 e. The second-order valence-electron chi connectivity index (χ2n) is 7.66. The Morgan fingerprint density at radius 1 is 1.27 bits per heavy atom. The molecule has 1 heterocycles. The Bertz CT molecular complexity index is 610. The Labute approximate surface area is 160 Å². The van der Waals surface area contributed by atoms with Gasteiger partial charge in [0.2, 0.25) is 5.91 Å². The van der Waals surface area contributed by atoms with E-state index in [1.807, 2.05) is 20.8 Å². The molecule has 0 aliphatic carbocycles. The molecule has 1 atom stereocenters. The van der Waals surface area contributed by atoms with E-state index >= 15 is 0 Å². The Kier molecular flexibility index (Phi) is 7.38. The molecule has 1 aromatic rings. The quantitative estimate of drug-likeness (QED) is 0.766. The summed E-state index contributed by atoms with van der Waals surface area (Å²) in [4.78, 5) is 26.2. The lowest BCUT2D eigenvalue weighted by Crippen LogP contribution is -2.47. The van der Waals surface area contributed by atoms with E-state index in [1.54, 1.807) is 16.7 Å². The molecule has 1 aliphatic heterocycles. The van der Waals surface area contributed by atoms with Crippen molar-refractivity contribution >= 4 is 23.8 Å². The Hall–Kier alpha value is -1.69. The van der Waals surface area contributed by atoms with Crippen molar-refractivity contribution in [3.8, 4) is 0 Å². The standard InChI is InChI=1S/C20H30N2O3S/c1-15-7-9-16(10-8-15)14-26-13-11-21-18(23)17-6-5-12-22(17)19(24)25-20(2,3)4/h7-10,17H,5-6,11-14H2,1-4H3,(H,21,23). The van der Waals surface area contributed by atoms with E-state index in [0.29, 0.717) is 19.5 Å². The predicted molar refractivity (Wildman–Crippen MR) is 106 cm³/mol. The van der Waals surface area contributed by atoms with E-state index in [-0.39, 0.29) is 5.91 Å². The first kappa shape index (κ1) is 20.6. The monoisotopic (exact) mass is 378 g/mol. The number of carbonyl (C=O) groups excluding carboxylic acids is 2. The van der Waals surface area contributed by atoms with Crippen LogP contribution in [0.3, 0.4) is 0 Å². The minimum atomic E-state index is -0.548. The van der Waals surface area contributed by atoms with Crippen LogP contribution >= 0.6 is 11.8 Å². The topological polar surface area (TPSA) is 58.6 Å². The second kappa shape index (κ2) is 9.31. The summed E-state index contributed by atoms with van der Waals surface area (Å²) < 4.78 is 5.41. The van der Waals surface area contributed by atoms with Gasteiger partial charge in [-0.3, -0.25) is 9.69 Å². The zero-order valence-electron chi connectivity index (χ0n) is 16.2. The normalized spacial score (nSPS) is 17.2. The molecule has 1 N–H and O–H groups in total. The number of likely N-dealkylation sites (tertiary alicyclic amines) is 1. The van der Waals surface area contributed by atoms with Crippen molar-refractivity contribution in [1.82, 2.24) is 10.2 Å². The molecule has 1 aliphatic rings. The number of ether oxygens (including phenoxy) is 1. The number of nitrogens with one attached hydrogen (secondary N) is 1. The number of hydrogen-bond donors (Lipinski definition) is 1. The fourth-order valence-electron chi connectivity index (χ4n) is 2.82. The van der Waals surface area contributed by atoms with Gasteiger partial charge in [0, 0.05) is 24.6 Å². The molecule has 1 unspecified atom stereocenters. The average Bonchev–Trinajstić information content (AvgIpc) is 3.04. The van der Waals surface area contributed by atoms with Gasteiger partial charge in [0.1, 0.15) is 11.6 Å². The van der Waals surface area contributed by atoms with E-state index < -0.39 is 17.7 Å². The van der Waals surface area contributed by atoms with E-state index in [9.17, 15) is 9.59 Å². The van der Waals surface area contributed by atoms with Crippen molar-refractivity contribution < 1.29 is 14.3 Å². The second-order valence-corrected chi connectivity index (χ2v) is 8.77. The van der Waals surface area contributed by atoms with Crippen LogP contribution in [0.2, 0.25) is 0 Å². The van der Waals surface area contributed by atoms with Gasteiger partial charge in [0.15, 0.2) is 0 Å². The maximum atomic E-state index is 12.4. The summed E-state index contributed by atoms with van der Waals surface area (Å²) in [5.41, 5.74) is 2.00. The Balaban J connectivity index is 1.71. The minimum Gasteiger partial charge on any atom is -0.444 e. The average molecular weight is 379 g/mol. The highest BCUT2D eigenvalue weighted by molar-refractivity contribution is 7.98. The van der Waals surface area contributed by atoms with Crippen LogP contribution in [0.4, 0.5) is 4.79 Å².